The number of allylic oxidation sites excluding steroid dienone is 2. The van der Waals surface area contributed by atoms with Crippen LogP contribution in [-0.4, -0.2) is 47.8 Å². The van der Waals surface area contributed by atoms with Crippen molar-refractivity contribution in [2.24, 2.45) is 0 Å². The van der Waals surface area contributed by atoms with Crippen molar-refractivity contribution in [2.75, 3.05) is 26.2 Å². The zero-order valence-corrected chi connectivity index (χ0v) is 10.2. The summed E-state index contributed by atoms with van der Waals surface area (Å²) in [5.74, 6) is 0.193. The fourth-order valence-corrected chi connectivity index (χ4v) is 2.18. The molecule has 0 aromatic heterocycles. The molecule has 17 heavy (non-hydrogen) atoms. The van der Waals surface area contributed by atoms with Crippen LogP contribution in [0, 0.1) is 0 Å². The molecule has 4 heteroatoms. The summed E-state index contributed by atoms with van der Waals surface area (Å²) in [5, 5.41) is 0. The number of carbonyl (C=O) groups excluding carboxylic acids is 2. The second kappa shape index (κ2) is 5.17. The van der Waals surface area contributed by atoms with Gasteiger partial charge in [-0.3, -0.25) is 9.59 Å². The van der Waals surface area contributed by atoms with E-state index in [1.54, 1.807) is 11.8 Å². The highest BCUT2D eigenvalue weighted by Gasteiger charge is 2.23. The van der Waals surface area contributed by atoms with Crippen molar-refractivity contribution in [3.05, 3.63) is 23.8 Å². The van der Waals surface area contributed by atoms with Crippen molar-refractivity contribution >= 4 is 11.8 Å². The van der Waals surface area contributed by atoms with Crippen LogP contribution in [0.25, 0.3) is 0 Å². The van der Waals surface area contributed by atoms with Crippen LogP contribution >= 0.6 is 0 Å². The van der Waals surface area contributed by atoms with E-state index in [9.17, 15) is 9.59 Å². The Balaban J connectivity index is 1.92. The summed E-state index contributed by atoms with van der Waals surface area (Å²) in [6, 6.07) is 0. The van der Waals surface area contributed by atoms with Crippen molar-refractivity contribution in [1.29, 1.82) is 0 Å². The molecule has 92 valence electrons. The largest absolute Gasteiger partial charge is 0.339 e. The molecule has 0 aromatic rings. The van der Waals surface area contributed by atoms with Gasteiger partial charge in [-0.25, -0.2) is 0 Å². The summed E-state index contributed by atoms with van der Waals surface area (Å²) < 4.78 is 0. The Morgan fingerprint density at radius 1 is 1.06 bits per heavy atom. The lowest BCUT2D eigenvalue weighted by molar-refractivity contribution is -0.136. The van der Waals surface area contributed by atoms with Crippen LogP contribution in [0.3, 0.4) is 0 Å². The van der Waals surface area contributed by atoms with Gasteiger partial charge in [-0.05, 0) is 12.8 Å². The topological polar surface area (TPSA) is 40.6 Å². The molecule has 1 fully saturated rings. The lowest BCUT2D eigenvalue weighted by Crippen LogP contribution is -2.50. The molecule has 1 aliphatic carbocycles. The van der Waals surface area contributed by atoms with Crippen LogP contribution in [0.15, 0.2) is 23.8 Å². The van der Waals surface area contributed by atoms with Crippen LogP contribution in [0.1, 0.15) is 19.8 Å². The van der Waals surface area contributed by atoms with E-state index in [1.165, 1.54) is 0 Å². The van der Waals surface area contributed by atoms with Gasteiger partial charge in [0.2, 0.25) is 5.91 Å². The number of carbonyl (C=O) groups is 2. The second-order valence-corrected chi connectivity index (χ2v) is 4.44. The Hall–Kier alpha value is -1.58. The molecule has 1 saturated heterocycles. The number of nitrogens with zero attached hydrogens (tertiary/aromatic N) is 2. The number of rotatable bonds is 1. The molecule has 0 bridgehead atoms. The molecule has 0 saturated carbocycles. The number of hydrogen-bond donors (Lipinski definition) is 0. The van der Waals surface area contributed by atoms with Gasteiger partial charge in [-0.2, -0.15) is 0 Å². The minimum absolute atomic E-state index is 0.0916. The lowest BCUT2D eigenvalue weighted by atomic mass is 10.1. The third-order valence-corrected chi connectivity index (χ3v) is 3.25. The van der Waals surface area contributed by atoms with Crippen LogP contribution in [-0.2, 0) is 9.59 Å². The minimum atomic E-state index is 0.0916. The van der Waals surface area contributed by atoms with Gasteiger partial charge < -0.3 is 9.80 Å². The summed E-state index contributed by atoms with van der Waals surface area (Å²) in [6.45, 7) is 4.16. The molecular weight excluding hydrogens is 216 g/mol. The molecule has 0 radical (unpaired) electrons. The van der Waals surface area contributed by atoms with Crippen molar-refractivity contribution in [1.82, 2.24) is 9.80 Å². The smallest absolute Gasteiger partial charge is 0.253 e. The molecule has 0 atom stereocenters. The first kappa shape index (κ1) is 11.9. The third-order valence-electron chi connectivity index (χ3n) is 3.25. The molecule has 0 aromatic carbocycles. The van der Waals surface area contributed by atoms with Gasteiger partial charge in [-0.1, -0.05) is 18.2 Å². The maximum absolute atomic E-state index is 12.1. The number of piperazine rings is 1. The van der Waals surface area contributed by atoms with Gasteiger partial charge in [-0.15, -0.1) is 0 Å². The monoisotopic (exact) mass is 234 g/mol. The summed E-state index contributed by atoms with van der Waals surface area (Å²) in [4.78, 5) is 26.9. The highest BCUT2D eigenvalue weighted by molar-refractivity contribution is 5.96. The zero-order chi connectivity index (χ0) is 12.3. The van der Waals surface area contributed by atoms with Gasteiger partial charge in [0, 0.05) is 38.7 Å². The summed E-state index contributed by atoms with van der Waals surface area (Å²) >= 11 is 0. The second-order valence-electron chi connectivity index (χ2n) is 4.44. The summed E-state index contributed by atoms with van der Waals surface area (Å²) in [5.41, 5.74) is 0.799. The Morgan fingerprint density at radius 3 is 2.24 bits per heavy atom. The predicted octanol–water partition coefficient (Wildman–Crippen LogP) is 0.954. The van der Waals surface area contributed by atoms with Crippen molar-refractivity contribution in [2.45, 2.75) is 19.8 Å². The fraction of sp³-hybridized carbons (Fsp3) is 0.538. The molecule has 1 heterocycles. The first-order valence-electron chi connectivity index (χ1n) is 6.10. The minimum Gasteiger partial charge on any atom is -0.339 e. The Morgan fingerprint density at radius 2 is 1.71 bits per heavy atom. The van der Waals surface area contributed by atoms with E-state index in [2.05, 4.69) is 0 Å². The van der Waals surface area contributed by atoms with Crippen LogP contribution in [0.2, 0.25) is 0 Å². The van der Waals surface area contributed by atoms with Crippen LogP contribution in [0.4, 0.5) is 0 Å². The van der Waals surface area contributed by atoms with E-state index >= 15 is 0 Å². The van der Waals surface area contributed by atoms with Gasteiger partial charge in [0.25, 0.3) is 5.91 Å². The normalized spacial score (nSPS) is 20.2. The molecule has 1 aliphatic heterocycles. The highest BCUT2D eigenvalue weighted by atomic mass is 16.2. The summed E-state index contributed by atoms with van der Waals surface area (Å²) in [6.07, 6.45) is 7.92. The summed E-state index contributed by atoms with van der Waals surface area (Å²) in [7, 11) is 0. The van der Waals surface area contributed by atoms with Crippen LogP contribution in [0.5, 0.6) is 0 Å². The zero-order valence-electron chi connectivity index (χ0n) is 10.2. The van der Waals surface area contributed by atoms with Crippen molar-refractivity contribution < 1.29 is 9.59 Å². The lowest BCUT2D eigenvalue weighted by Gasteiger charge is -2.34. The van der Waals surface area contributed by atoms with Gasteiger partial charge in [0.05, 0.1) is 0 Å². The first-order chi connectivity index (χ1) is 8.18. The van der Waals surface area contributed by atoms with Gasteiger partial charge in [0.1, 0.15) is 0 Å². The molecule has 2 aliphatic rings. The van der Waals surface area contributed by atoms with E-state index < -0.39 is 0 Å². The fourth-order valence-electron chi connectivity index (χ4n) is 2.18. The molecule has 2 amide bonds. The third kappa shape index (κ3) is 2.75. The van der Waals surface area contributed by atoms with E-state index in [4.69, 9.17) is 0 Å². The molecular formula is C13H18N2O2. The SMILES string of the molecule is CC(=O)N1CCN(C(=O)C2=CCCC=C2)CC1. The molecule has 0 N–H and O–H groups in total. The first-order valence-corrected chi connectivity index (χ1v) is 6.10. The van der Waals surface area contributed by atoms with Crippen molar-refractivity contribution in [3.8, 4) is 0 Å². The maximum Gasteiger partial charge on any atom is 0.253 e. The maximum atomic E-state index is 12.1. The average molecular weight is 234 g/mol. The molecule has 0 spiro atoms. The molecule has 2 rings (SSSR count). The molecule has 0 unspecified atom stereocenters. The van der Waals surface area contributed by atoms with Crippen molar-refractivity contribution in [3.63, 3.8) is 0 Å². The van der Waals surface area contributed by atoms with Crippen LogP contribution < -0.4 is 0 Å². The highest BCUT2D eigenvalue weighted by Crippen LogP contribution is 2.14. The Labute approximate surface area is 102 Å². The standard InChI is InChI=1S/C13H18N2O2/c1-11(16)14-7-9-15(10-8-14)13(17)12-5-3-2-4-6-12/h3,5-6H,2,4,7-10H2,1H3. The quantitative estimate of drug-likeness (QED) is 0.678. The predicted molar refractivity (Wildman–Crippen MR) is 65.3 cm³/mol. The number of hydrogen-bond acceptors (Lipinski definition) is 2. The van der Waals surface area contributed by atoms with E-state index in [0.717, 1.165) is 18.4 Å². The Kier molecular flexibility index (Phi) is 3.61. The van der Waals surface area contributed by atoms with Gasteiger partial charge in [0.15, 0.2) is 0 Å². The van der Waals surface area contributed by atoms with E-state index in [-0.39, 0.29) is 11.8 Å². The van der Waals surface area contributed by atoms with Gasteiger partial charge >= 0.3 is 0 Å². The average Bonchev–Trinajstić information content (AvgIpc) is 2.39. The number of amides is 2. The molecule has 4 nitrogen and oxygen atoms in total. The van der Waals surface area contributed by atoms with E-state index in [0.29, 0.717) is 26.2 Å². The van der Waals surface area contributed by atoms with E-state index in [1.807, 2.05) is 23.1 Å². The Bertz CT molecular complexity index is 377.